The quantitative estimate of drug-likeness (QED) is 0.768. The summed E-state index contributed by atoms with van der Waals surface area (Å²) in [5.41, 5.74) is 7.71. The zero-order valence-electron chi connectivity index (χ0n) is 9.59. The molecule has 16 heavy (non-hydrogen) atoms. The number of phenolic OH excluding ortho intramolecular Hbond substituents is 1. The maximum absolute atomic E-state index is 13.2. The van der Waals surface area contributed by atoms with Gasteiger partial charge in [0.15, 0.2) is 11.6 Å². The summed E-state index contributed by atoms with van der Waals surface area (Å²) in [5.74, 6) is -0.864. The van der Waals surface area contributed by atoms with Gasteiger partial charge in [0, 0.05) is 5.54 Å². The molecule has 88 valence electrons. The highest BCUT2D eigenvalue weighted by atomic mass is 19.1. The molecule has 0 radical (unpaired) electrons. The summed E-state index contributed by atoms with van der Waals surface area (Å²) in [4.78, 5) is 0. The van der Waals surface area contributed by atoms with Crippen LogP contribution in [0.25, 0.3) is 0 Å². The van der Waals surface area contributed by atoms with Crippen LogP contribution in [0.3, 0.4) is 0 Å². The molecular formula is C13H18FNO. The van der Waals surface area contributed by atoms with Gasteiger partial charge in [-0.25, -0.2) is 4.39 Å². The highest BCUT2D eigenvalue weighted by Gasteiger charge is 2.31. The molecule has 0 aliphatic heterocycles. The topological polar surface area (TPSA) is 46.2 Å². The molecule has 3 heteroatoms. The standard InChI is InChI=1S/C13H18FNO/c1-9-7-11(14)12(16)8-10(9)13(15)5-3-2-4-6-13/h7-8,16H,2-6,15H2,1H3. The number of hydrogen-bond acceptors (Lipinski definition) is 2. The van der Waals surface area contributed by atoms with Crippen molar-refractivity contribution < 1.29 is 9.50 Å². The number of phenols is 1. The molecule has 2 nitrogen and oxygen atoms in total. The first-order valence-corrected chi connectivity index (χ1v) is 5.81. The van der Waals surface area contributed by atoms with Crippen LogP contribution in [-0.4, -0.2) is 5.11 Å². The minimum Gasteiger partial charge on any atom is -0.505 e. The van der Waals surface area contributed by atoms with Gasteiger partial charge in [-0.05, 0) is 43.0 Å². The second kappa shape index (κ2) is 4.06. The van der Waals surface area contributed by atoms with E-state index < -0.39 is 5.82 Å². The van der Waals surface area contributed by atoms with E-state index in [-0.39, 0.29) is 11.3 Å². The van der Waals surface area contributed by atoms with Crippen LogP contribution in [0.2, 0.25) is 0 Å². The zero-order chi connectivity index (χ0) is 11.8. The second-order valence-corrected chi connectivity index (χ2v) is 4.84. The van der Waals surface area contributed by atoms with Gasteiger partial charge in [0.1, 0.15) is 0 Å². The number of rotatable bonds is 1. The van der Waals surface area contributed by atoms with Gasteiger partial charge in [-0.2, -0.15) is 0 Å². The Bertz CT molecular complexity index is 397. The molecule has 0 unspecified atom stereocenters. The van der Waals surface area contributed by atoms with Gasteiger partial charge < -0.3 is 10.8 Å². The number of nitrogens with two attached hydrogens (primary N) is 1. The summed E-state index contributed by atoms with van der Waals surface area (Å²) >= 11 is 0. The van der Waals surface area contributed by atoms with Gasteiger partial charge in [0.05, 0.1) is 0 Å². The van der Waals surface area contributed by atoms with E-state index in [0.717, 1.165) is 36.8 Å². The molecule has 1 fully saturated rings. The van der Waals surface area contributed by atoms with Crippen molar-refractivity contribution in [1.29, 1.82) is 0 Å². The van der Waals surface area contributed by atoms with E-state index in [2.05, 4.69) is 0 Å². The number of aromatic hydroxyl groups is 1. The van der Waals surface area contributed by atoms with Crippen molar-refractivity contribution in [3.8, 4) is 5.75 Å². The molecule has 0 saturated heterocycles. The van der Waals surface area contributed by atoms with Crippen LogP contribution in [0, 0.1) is 12.7 Å². The first kappa shape index (κ1) is 11.4. The van der Waals surface area contributed by atoms with E-state index in [4.69, 9.17) is 5.73 Å². The number of aryl methyl sites for hydroxylation is 1. The summed E-state index contributed by atoms with van der Waals surface area (Å²) in [5, 5.41) is 9.44. The lowest BCUT2D eigenvalue weighted by molar-refractivity contribution is 0.299. The van der Waals surface area contributed by atoms with Crippen molar-refractivity contribution in [3.63, 3.8) is 0 Å². The molecule has 0 amide bonds. The summed E-state index contributed by atoms with van der Waals surface area (Å²) in [7, 11) is 0. The Labute approximate surface area is 95.3 Å². The molecule has 3 N–H and O–H groups in total. The Morgan fingerprint density at radius 3 is 2.50 bits per heavy atom. The smallest absolute Gasteiger partial charge is 0.165 e. The van der Waals surface area contributed by atoms with Crippen molar-refractivity contribution in [2.24, 2.45) is 5.73 Å². The van der Waals surface area contributed by atoms with Gasteiger partial charge in [0.2, 0.25) is 0 Å². The molecule has 0 bridgehead atoms. The molecule has 1 aliphatic rings. The van der Waals surface area contributed by atoms with Gasteiger partial charge in [-0.3, -0.25) is 0 Å². The first-order valence-electron chi connectivity index (χ1n) is 5.81. The lowest BCUT2D eigenvalue weighted by Crippen LogP contribution is -2.39. The number of benzene rings is 1. The summed E-state index contributed by atoms with van der Waals surface area (Å²) in [6, 6.07) is 2.86. The van der Waals surface area contributed by atoms with Crippen LogP contribution >= 0.6 is 0 Å². The number of hydrogen-bond donors (Lipinski definition) is 2. The Kier molecular flexibility index (Phi) is 2.89. The maximum Gasteiger partial charge on any atom is 0.165 e. The van der Waals surface area contributed by atoms with Crippen LogP contribution in [-0.2, 0) is 5.54 Å². The summed E-state index contributed by atoms with van der Waals surface area (Å²) in [6.07, 6.45) is 5.26. The lowest BCUT2D eigenvalue weighted by atomic mass is 9.76. The van der Waals surface area contributed by atoms with E-state index in [1.807, 2.05) is 6.92 Å². The molecule has 2 rings (SSSR count). The fraction of sp³-hybridized carbons (Fsp3) is 0.538. The molecule has 1 aromatic rings. The summed E-state index contributed by atoms with van der Waals surface area (Å²) in [6.45, 7) is 1.85. The Balaban J connectivity index is 2.42. The van der Waals surface area contributed by atoms with Crippen molar-refractivity contribution in [2.75, 3.05) is 0 Å². The third-order valence-electron chi connectivity index (χ3n) is 3.58. The van der Waals surface area contributed by atoms with Crippen molar-refractivity contribution >= 4 is 0 Å². The van der Waals surface area contributed by atoms with E-state index in [1.165, 1.54) is 18.6 Å². The average molecular weight is 223 g/mol. The molecular weight excluding hydrogens is 205 g/mol. The molecule has 0 heterocycles. The van der Waals surface area contributed by atoms with Gasteiger partial charge in [-0.1, -0.05) is 19.3 Å². The van der Waals surface area contributed by atoms with Crippen LogP contribution in [0.5, 0.6) is 5.75 Å². The van der Waals surface area contributed by atoms with Crippen molar-refractivity contribution in [2.45, 2.75) is 44.6 Å². The normalized spacial score (nSPS) is 19.7. The summed E-state index contributed by atoms with van der Waals surface area (Å²) < 4.78 is 13.2. The van der Waals surface area contributed by atoms with Gasteiger partial charge in [0.25, 0.3) is 0 Å². The highest BCUT2D eigenvalue weighted by Crippen LogP contribution is 2.38. The third-order valence-corrected chi connectivity index (χ3v) is 3.58. The lowest BCUT2D eigenvalue weighted by Gasteiger charge is -2.35. The third kappa shape index (κ3) is 1.92. The predicted molar refractivity (Wildman–Crippen MR) is 61.8 cm³/mol. The molecule has 1 aliphatic carbocycles. The Hall–Kier alpha value is -1.09. The number of halogens is 1. The fourth-order valence-corrected chi connectivity index (χ4v) is 2.65. The SMILES string of the molecule is Cc1cc(F)c(O)cc1C1(N)CCCCC1. The van der Waals surface area contributed by atoms with E-state index in [9.17, 15) is 9.50 Å². The second-order valence-electron chi connectivity index (χ2n) is 4.84. The van der Waals surface area contributed by atoms with Gasteiger partial charge >= 0.3 is 0 Å². The Morgan fingerprint density at radius 1 is 1.25 bits per heavy atom. The zero-order valence-corrected chi connectivity index (χ0v) is 9.59. The highest BCUT2D eigenvalue weighted by molar-refractivity contribution is 5.40. The molecule has 1 saturated carbocycles. The van der Waals surface area contributed by atoms with Crippen LogP contribution in [0.15, 0.2) is 12.1 Å². The molecule has 0 aromatic heterocycles. The largest absolute Gasteiger partial charge is 0.505 e. The van der Waals surface area contributed by atoms with Crippen LogP contribution in [0.1, 0.15) is 43.2 Å². The monoisotopic (exact) mass is 223 g/mol. The first-order chi connectivity index (χ1) is 7.53. The van der Waals surface area contributed by atoms with E-state index >= 15 is 0 Å². The average Bonchev–Trinajstić information content (AvgIpc) is 2.24. The minimum absolute atomic E-state index is 0.295. The predicted octanol–water partition coefficient (Wildman–Crippen LogP) is 2.96. The van der Waals surface area contributed by atoms with E-state index in [0.29, 0.717) is 0 Å². The van der Waals surface area contributed by atoms with Crippen molar-refractivity contribution in [3.05, 3.63) is 29.1 Å². The molecule has 0 spiro atoms. The molecule has 1 aromatic carbocycles. The minimum atomic E-state index is -0.569. The van der Waals surface area contributed by atoms with Gasteiger partial charge in [-0.15, -0.1) is 0 Å². The van der Waals surface area contributed by atoms with E-state index in [1.54, 1.807) is 0 Å². The molecule has 0 atom stereocenters. The van der Waals surface area contributed by atoms with Crippen LogP contribution in [0.4, 0.5) is 4.39 Å². The van der Waals surface area contributed by atoms with Crippen molar-refractivity contribution in [1.82, 2.24) is 0 Å². The Morgan fingerprint density at radius 2 is 1.88 bits per heavy atom. The maximum atomic E-state index is 13.2. The fourth-order valence-electron chi connectivity index (χ4n) is 2.65. The van der Waals surface area contributed by atoms with Crippen LogP contribution < -0.4 is 5.73 Å².